The van der Waals surface area contributed by atoms with E-state index >= 15 is 0 Å². The Morgan fingerprint density at radius 3 is 2.80 bits per heavy atom. The zero-order valence-electron chi connectivity index (χ0n) is 13.6. The van der Waals surface area contributed by atoms with Gasteiger partial charge in [-0.3, -0.25) is 4.98 Å². The molecule has 5 heteroatoms. The van der Waals surface area contributed by atoms with Gasteiger partial charge in [-0.1, -0.05) is 24.2 Å². The average molecular weight is 347 g/mol. The van der Waals surface area contributed by atoms with Gasteiger partial charge in [0.2, 0.25) is 0 Å². The van der Waals surface area contributed by atoms with Crippen molar-refractivity contribution in [3.8, 4) is 11.1 Å². The van der Waals surface area contributed by atoms with Crippen molar-refractivity contribution < 1.29 is 0 Å². The monoisotopic (exact) mass is 346 g/mol. The van der Waals surface area contributed by atoms with Crippen molar-refractivity contribution in [2.45, 2.75) is 6.92 Å². The van der Waals surface area contributed by atoms with Crippen molar-refractivity contribution >= 4 is 22.7 Å². The summed E-state index contributed by atoms with van der Waals surface area (Å²) in [7, 11) is 0. The molecule has 0 aliphatic carbocycles. The molecule has 0 unspecified atom stereocenters. The number of rotatable bonds is 3. The molecule has 122 valence electrons. The molecule has 0 aliphatic heterocycles. The Balaban J connectivity index is 1.82. The second kappa shape index (κ2) is 6.15. The minimum absolute atomic E-state index is 0.485. The summed E-state index contributed by atoms with van der Waals surface area (Å²) < 4.78 is 1.85. The molecule has 0 saturated carbocycles. The Morgan fingerprint density at radius 1 is 1.16 bits per heavy atom. The molecule has 4 aromatic rings. The summed E-state index contributed by atoms with van der Waals surface area (Å²) in [5.41, 5.74) is 6.84. The fourth-order valence-electron chi connectivity index (χ4n) is 2.92. The minimum atomic E-state index is 0.485. The lowest BCUT2D eigenvalue weighted by Crippen LogP contribution is -1.95. The van der Waals surface area contributed by atoms with Crippen LogP contribution in [0.3, 0.4) is 0 Å². The Kier molecular flexibility index (Phi) is 3.82. The first-order chi connectivity index (χ1) is 12.1. The van der Waals surface area contributed by atoms with Gasteiger partial charge in [-0.25, -0.2) is 9.50 Å². The molecular formula is C20H15ClN4. The Hall–Kier alpha value is -2.98. The van der Waals surface area contributed by atoms with Gasteiger partial charge in [0.05, 0.1) is 11.7 Å². The van der Waals surface area contributed by atoms with Gasteiger partial charge in [0, 0.05) is 41.0 Å². The van der Waals surface area contributed by atoms with Crippen LogP contribution in [0.4, 0.5) is 0 Å². The SMILES string of the molecule is C=C(c1ccn2ncc(-c3cccnc3)c2c1)c1ccc(Cl)nc1C. The minimum Gasteiger partial charge on any atom is -0.264 e. The maximum absolute atomic E-state index is 5.96. The van der Waals surface area contributed by atoms with E-state index in [0.29, 0.717) is 5.15 Å². The molecule has 0 amide bonds. The first kappa shape index (κ1) is 15.5. The first-order valence-corrected chi connectivity index (χ1v) is 8.22. The number of aryl methyl sites for hydroxylation is 1. The molecule has 0 aromatic carbocycles. The largest absolute Gasteiger partial charge is 0.264 e. The Morgan fingerprint density at radius 2 is 2.04 bits per heavy atom. The molecular weight excluding hydrogens is 332 g/mol. The summed E-state index contributed by atoms with van der Waals surface area (Å²) in [5, 5.41) is 4.91. The van der Waals surface area contributed by atoms with E-state index in [1.807, 2.05) is 54.3 Å². The van der Waals surface area contributed by atoms with Gasteiger partial charge in [0.15, 0.2) is 0 Å². The van der Waals surface area contributed by atoms with Crippen LogP contribution >= 0.6 is 11.6 Å². The molecule has 4 nitrogen and oxygen atoms in total. The van der Waals surface area contributed by atoms with Crippen LogP contribution in [0.1, 0.15) is 16.8 Å². The number of hydrogen-bond donors (Lipinski definition) is 0. The van der Waals surface area contributed by atoms with E-state index in [2.05, 4.69) is 27.7 Å². The van der Waals surface area contributed by atoms with Crippen LogP contribution in [0.25, 0.3) is 22.2 Å². The van der Waals surface area contributed by atoms with Gasteiger partial charge in [-0.15, -0.1) is 0 Å². The predicted molar refractivity (Wildman–Crippen MR) is 101 cm³/mol. The van der Waals surface area contributed by atoms with Crippen molar-refractivity contribution in [2.24, 2.45) is 0 Å². The summed E-state index contributed by atoms with van der Waals surface area (Å²) in [4.78, 5) is 8.51. The standard InChI is InChI=1S/C20H15ClN4/c1-13(17-5-6-20(21)24-14(17)2)15-7-9-25-19(10-15)18(12-23-25)16-4-3-8-22-11-16/h3-12H,1H2,2H3. The third-order valence-corrected chi connectivity index (χ3v) is 4.43. The van der Waals surface area contributed by atoms with E-state index in [-0.39, 0.29) is 0 Å². The number of pyridine rings is 3. The maximum atomic E-state index is 5.96. The van der Waals surface area contributed by atoms with Crippen LogP contribution in [-0.2, 0) is 0 Å². The van der Waals surface area contributed by atoms with Crippen molar-refractivity contribution in [2.75, 3.05) is 0 Å². The van der Waals surface area contributed by atoms with Crippen molar-refractivity contribution in [3.05, 3.63) is 89.7 Å². The van der Waals surface area contributed by atoms with Gasteiger partial charge in [0.25, 0.3) is 0 Å². The van der Waals surface area contributed by atoms with Crippen molar-refractivity contribution in [1.29, 1.82) is 0 Å². The molecule has 4 heterocycles. The highest BCUT2D eigenvalue weighted by Crippen LogP contribution is 2.29. The maximum Gasteiger partial charge on any atom is 0.129 e. The van der Waals surface area contributed by atoms with Crippen molar-refractivity contribution in [3.63, 3.8) is 0 Å². The molecule has 4 aromatic heterocycles. The molecule has 0 spiro atoms. The Bertz CT molecular complexity index is 1080. The third-order valence-electron chi connectivity index (χ3n) is 4.22. The molecule has 0 radical (unpaired) electrons. The summed E-state index contributed by atoms with van der Waals surface area (Å²) in [6.07, 6.45) is 7.40. The summed E-state index contributed by atoms with van der Waals surface area (Å²) in [6.45, 7) is 6.19. The molecule has 0 saturated heterocycles. The summed E-state index contributed by atoms with van der Waals surface area (Å²) >= 11 is 5.96. The smallest absolute Gasteiger partial charge is 0.129 e. The quantitative estimate of drug-likeness (QED) is 0.500. The van der Waals surface area contributed by atoms with Gasteiger partial charge in [-0.05, 0) is 48.4 Å². The van der Waals surface area contributed by atoms with Crippen LogP contribution in [0.15, 0.2) is 67.8 Å². The van der Waals surface area contributed by atoms with Gasteiger partial charge in [0.1, 0.15) is 5.15 Å². The van der Waals surface area contributed by atoms with Gasteiger partial charge < -0.3 is 0 Å². The number of halogens is 1. The van der Waals surface area contributed by atoms with E-state index in [9.17, 15) is 0 Å². The third kappa shape index (κ3) is 2.81. The van der Waals surface area contributed by atoms with Crippen LogP contribution in [-0.4, -0.2) is 19.6 Å². The van der Waals surface area contributed by atoms with Gasteiger partial charge in [-0.2, -0.15) is 5.10 Å². The molecule has 0 fully saturated rings. The highest BCUT2D eigenvalue weighted by atomic mass is 35.5. The van der Waals surface area contributed by atoms with E-state index in [4.69, 9.17) is 11.6 Å². The molecule has 0 atom stereocenters. The van der Waals surface area contributed by atoms with E-state index < -0.39 is 0 Å². The Labute approximate surface area is 150 Å². The van der Waals surface area contributed by atoms with Crippen molar-refractivity contribution in [1.82, 2.24) is 19.6 Å². The van der Waals surface area contributed by atoms with Crippen LogP contribution in [0.5, 0.6) is 0 Å². The fourth-order valence-corrected chi connectivity index (χ4v) is 3.11. The number of aromatic nitrogens is 4. The van der Waals surface area contributed by atoms with Crippen LogP contribution in [0, 0.1) is 6.92 Å². The summed E-state index contributed by atoms with van der Waals surface area (Å²) in [6, 6.07) is 11.8. The number of fused-ring (bicyclic) bond motifs is 1. The van der Waals surface area contributed by atoms with Crippen LogP contribution in [0.2, 0.25) is 5.15 Å². The van der Waals surface area contributed by atoms with Crippen LogP contribution < -0.4 is 0 Å². The lowest BCUT2D eigenvalue weighted by atomic mass is 9.98. The average Bonchev–Trinajstić information content (AvgIpc) is 3.05. The lowest BCUT2D eigenvalue weighted by Gasteiger charge is -2.10. The molecule has 0 aliphatic rings. The zero-order valence-corrected chi connectivity index (χ0v) is 14.4. The highest BCUT2D eigenvalue weighted by Gasteiger charge is 2.11. The normalized spacial score (nSPS) is 11.0. The van der Waals surface area contributed by atoms with E-state index in [1.54, 1.807) is 12.3 Å². The first-order valence-electron chi connectivity index (χ1n) is 7.84. The highest BCUT2D eigenvalue weighted by molar-refractivity contribution is 6.29. The topological polar surface area (TPSA) is 43.1 Å². The predicted octanol–water partition coefficient (Wildman–Crippen LogP) is 4.81. The van der Waals surface area contributed by atoms with E-state index in [1.165, 1.54) is 0 Å². The second-order valence-corrected chi connectivity index (χ2v) is 6.18. The lowest BCUT2D eigenvalue weighted by molar-refractivity contribution is 0.960. The number of nitrogens with zero attached hydrogens (tertiary/aromatic N) is 4. The van der Waals surface area contributed by atoms with E-state index in [0.717, 1.165) is 39.0 Å². The summed E-state index contributed by atoms with van der Waals surface area (Å²) in [5.74, 6) is 0. The fraction of sp³-hybridized carbons (Fsp3) is 0.0500. The molecule has 4 rings (SSSR count). The molecule has 0 N–H and O–H groups in total. The van der Waals surface area contributed by atoms with Gasteiger partial charge >= 0.3 is 0 Å². The number of hydrogen-bond acceptors (Lipinski definition) is 3. The zero-order chi connectivity index (χ0) is 17.4. The molecule has 25 heavy (non-hydrogen) atoms. The second-order valence-electron chi connectivity index (χ2n) is 5.79. The molecule has 0 bridgehead atoms.